The van der Waals surface area contributed by atoms with Gasteiger partial charge in [0, 0.05) is 40.2 Å². The molecule has 0 spiro atoms. The molecule has 26 heavy (non-hydrogen) atoms. The van der Waals surface area contributed by atoms with Crippen LogP contribution >= 0.6 is 11.3 Å². The van der Waals surface area contributed by atoms with E-state index in [0.717, 1.165) is 22.2 Å². The molecule has 1 atom stereocenters. The van der Waals surface area contributed by atoms with E-state index in [2.05, 4.69) is 43.8 Å². The van der Waals surface area contributed by atoms with Crippen LogP contribution in [-0.2, 0) is 29.2 Å². The Hall–Kier alpha value is -1.96. The molecule has 2 rings (SSSR count). The number of thiazole rings is 1. The molecular weight excluding hydrogens is 348 g/mol. The molecule has 0 aliphatic carbocycles. The zero-order valence-electron chi connectivity index (χ0n) is 16.2. The Morgan fingerprint density at radius 1 is 1.35 bits per heavy atom. The Bertz CT molecular complexity index is 717. The van der Waals surface area contributed by atoms with Crippen molar-refractivity contribution in [3.63, 3.8) is 0 Å². The normalized spacial score (nSPS) is 12.9. The maximum atomic E-state index is 5.33. The average Bonchev–Trinajstić information content (AvgIpc) is 3.10. The van der Waals surface area contributed by atoms with Gasteiger partial charge < -0.3 is 19.7 Å². The van der Waals surface area contributed by atoms with Gasteiger partial charge in [-0.05, 0) is 18.1 Å². The lowest BCUT2D eigenvalue weighted by molar-refractivity contribution is 0.119. The van der Waals surface area contributed by atoms with Crippen LogP contribution in [0.1, 0.15) is 34.9 Å². The molecule has 0 aliphatic heterocycles. The first kappa shape index (κ1) is 20.4. The Labute approximate surface area is 159 Å². The van der Waals surface area contributed by atoms with Gasteiger partial charge in [0.05, 0.1) is 18.8 Å². The summed E-state index contributed by atoms with van der Waals surface area (Å²) in [4.78, 5) is 11.1. The number of ether oxygens (including phenoxy) is 2. The van der Waals surface area contributed by atoms with Crippen LogP contribution < -0.4 is 5.32 Å². The van der Waals surface area contributed by atoms with Crippen molar-refractivity contribution in [1.29, 1.82) is 0 Å². The number of benzene rings is 1. The number of rotatable bonds is 8. The molecule has 7 heteroatoms. The highest BCUT2D eigenvalue weighted by Gasteiger charge is 2.12. The van der Waals surface area contributed by atoms with Crippen molar-refractivity contribution >= 4 is 17.3 Å². The van der Waals surface area contributed by atoms with Crippen LogP contribution in [0.2, 0.25) is 0 Å². The van der Waals surface area contributed by atoms with Crippen molar-refractivity contribution in [1.82, 2.24) is 15.2 Å². The Kier molecular flexibility index (Phi) is 8.03. The van der Waals surface area contributed by atoms with Crippen molar-refractivity contribution in [3.05, 3.63) is 51.5 Å². The third kappa shape index (κ3) is 5.79. The van der Waals surface area contributed by atoms with Gasteiger partial charge in [0.1, 0.15) is 11.1 Å². The first-order valence-corrected chi connectivity index (χ1v) is 9.41. The highest BCUT2D eigenvalue weighted by Crippen LogP contribution is 2.20. The summed E-state index contributed by atoms with van der Waals surface area (Å²) in [7, 11) is 7.21. The van der Waals surface area contributed by atoms with Crippen molar-refractivity contribution in [2.24, 2.45) is 4.99 Å². The van der Waals surface area contributed by atoms with Gasteiger partial charge in [-0.2, -0.15) is 0 Å². The summed E-state index contributed by atoms with van der Waals surface area (Å²) in [5.41, 5.74) is 3.37. The minimum absolute atomic E-state index is 0.0240. The van der Waals surface area contributed by atoms with E-state index in [0.29, 0.717) is 19.7 Å². The molecule has 0 fully saturated rings. The summed E-state index contributed by atoms with van der Waals surface area (Å²) >= 11 is 1.63. The predicted octanol–water partition coefficient (Wildman–Crippen LogP) is 3.20. The molecule has 2 aromatic rings. The third-order valence-electron chi connectivity index (χ3n) is 4.00. The number of hydrogen-bond donors (Lipinski definition) is 1. The van der Waals surface area contributed by atoms with Crippen molar-refractivity contribution in [2.75, 3.05) is 28.3 Å². The van der Waals surface area contributed by atoms with E-state index in [1.54, 1.807) is 32.6 Å². The molecule has 0 aliphatic rings. The quantitative estimate of drug-likeness (QED) is 0.566. The fraction of sp³-hybridized carbons (Fsp3) is 0.474. The van der Waals surface area contributed by atoms with Crippen LogP contribution in [-0.4, -0.2) is 44.2 Å². The number of nitrogens with zero attached hydrogens (tertiary/aromatic N) is 3. The fourth-order valence-electron chi connectivity index (χ4n) is 2.56. The van der Waals surface area contributed by atoms with Crippen LogP contribution in [0.25, 0.3) is 0 Å². The topological polar surface area (TPSA) is 59.0 Å². The first-order valence-electron chi connectivity index (χ1n) is 8.53. The number of aromatic nitrogens is 1. The van der Waals surface area contributed by atoms with Gasteiger partial charge in [-0.15, -0.1) is 11.3 Å². The highest BCUT2D eigenvalue weighted by atomic mass is 32.1. The number of nitrogens with one attached hydrogen (secondary N) is 1. The van der Waals surface area contributed by atoms with Gasteiger partial charge in [0.15, 0.2) is 5.96 Å². The largest absolute Gasteiger partial charge is 0.380 e. The van der Waals surface area contributed by atoms with Crippen LogP contribution in [0.5, 0.6) is 0 Å². The second kappa shape index (κ2) is 10.3. The van der Waals surface area contributed by atoms with E-state index in [4.69, 9.17) is 9.47 Å². The van der Waals surface area contributed by atoms with Crippen LogP contribution in [0.4, 0.5) is 0 Å². The monoisotopic (exact) mass is 376 g/mol. The molecular formula is C19H28N4O2S. The molecule has 142 valence electrons. The molecule has 6 nitrogen and oxygen atoms in total. The van der Waals surface area contributed by atoms with Crippen LogP contribution in [0, 0.1) is 0 Å². The summed E-state index contributed by atoms with van der Waals surface area (Å²) in [6.07, 6.45) is 0.0240. The SMILES string of the molecule is CN=C(NCc1cccc(COC)c1)N(C)Cc1csc(C(C)OC)n1. The minimum atomic E-state index is 0.0240. The molecule has 1 N–H and O–H groups in total. The van der Waals surface area contributed by atoms with Crippen molar-refractivity contribution in [2.45, 2.75) is 32.7 Å². The van der Waals surface area contributed by atoms with E-state index in [-0.39, 0.29) is 6.10 Å². The van der Waals surface area contributed by atoms with Gasteiger partial charge in [0.25, 0.3) is 0 Å². The molecule has 1 heterocycles. The van der Waals surface area contributed by atoms with E-state index in [9.17, 15) is 0 Å². The molecule has 0 bridgehead atoms. The summed E-state index contributed by atoms with van der Waals surface area (Å²) < 4.78 is 10.5. The lowest BCUT2D eigenvalue weighted by Crippen LogP contribution is -2.38. The third-order valence-corrected chi connectivity index (χ3v) is 5.05. The molecule has 0 radical (unpaired) electrons. The zero-order chi connectivity index (χ0) is 18.9. The number of aliphatic imine (C=N–C) groups is 1. The van der Waals surface area contributed by atoms with E-state index < -0.39 is 0 Å². The maximum Gasteiger partial charge on any atom is 0.194 e. The minimum Gasteiger partial charge on any atom is -0.380 e. The molecule has 0 amide bonds. The molecule has 0 saturated carbocycles. The summed E-state index contributed by atoms with van der Waals surface area (Å²) in [6, 6.07) is 8.35. The second-order valence-corrected chi connectivity index (χ2v) is 6.95. The Morgan fingerprint density at radius 2 is 2.12 bits per heavy atom. The molecule has 0 saturated heterocycles. The number of hydrogen-bond acceptors (Lipinski definition) is 5. The number of guanidine groups is 1. The number of methoxy groups -OCH3 is 2. The van der Waals surface area contributed by atoms with Gasteiger partial charge in [-0.1, -0.05) is 24.3 Å². The van der Waals surface area contributed by atoms with Gasteiger partial charge >= 0.3 is 0 Å². The zero-order valence-corrected chi connectivity index (χ0v) is 17.0. The lowest BCUT2D eigenvalue weighted by atomic mass is 10.1. The van der Waals surface area contributed by atoms with Gasteiger partial charge in [0.2, 0.25) is 0 Å². The van der Waals surface area contributed by atoms with Crippen molar-refractivity contribution < 1.29 is 9.47 Å². The Balaban J connectivity index is 1.93. The van der Waals surface area contributed by atoms with Gasteiger partial charge in [-0.3, -0.25) is 4.99 Å². The van der Waals surface area contributed by atoms with Crippen LogP contribution in [0.3, 0.4) is 0 Å². The Morgan fingerprint density at radius 3 is 2.81 bits per heavy atom. The predicted molar refractivity (Wildman–Crippen MR) is 106 cm³/mol. The standard InChI is InChI=1S/C19H28N4O2S/c1-14(25-5)18-22-17(13-26-18)11-23(3)19(20-2)21-10-15-7-6-8-16(9-15)12-24-4/h6-9,13-14H,10-12H2,1-5H3,(H,20,21). The summed E-state index contributed by atoms with van der Waals surface area (Å²) in [6.45, 7) is 4.02. The summed E-state index contributed by atoms with van der Waals surface area (Å²) in [5, 5.41) is 6.47. The second-order valence-electron chi connectivity index (χ2n) is 6.06. The smallest absolute Gasteiger partial charge is 0.194 e. The lowest BCUT2D eigenvalue weighted by Gasteiger charge is -2.21. The first-order chi connectivity index (χ1) is 12.6. The van der Waals surface area contributed by atoms with Crippen molar-refractivity contribution in [3.8, 4) is 0 Å². The van der Waals surface area contributed by atoms with E-state index >= 15 is 0 Å². The summed E-state index contributed by atoms with van der Waals surface area (Å²) in [5.74, 6) is 0.830. The fourth-order valence-corrected chi connectivity index (χ4v) is 3.40. The van der Waals surface area contributed by atoms with Gasteiger partial charge in [-0.25, -0.2) is 4.98 Å². The van der Waals surface area contributed by atoms with E-state index in [1.165, 1.54) is 5.56 Å². The molecule has 1 unspecified atom stereocenters. The average molecular weight is 377 g/mol. The molecule has 1 aromatic heterocycles. The maximum absolute atomic E-state index is 5.33. The van der Waals surface area contributed by atoms with Crippen LogP contribution in [0.15, 0.2) is 34.6 Å². The highest BCUT2D eigenvalue weighted by molar-refractivity contribution is 7.09. The van der Waals surface area contributed by atoms with E-state index in [1.807, 2.05) is 20.0 Å². The molecule has 1 aromatic carbocycles.